The number of hydrogen-bond acceptors (Lipinski definition) is 0. The van der Waals surface area contributed by atoms with Gasteiger partial charge in [0.15, 0.2) is 0 Å². The maximum absolute atomic E-state index is 2.40. The molecule has 0 saturated heterocycles. The van der Waals surface area contributed by atoms with Gasteiger partial charge in [-0.15, -0.1) is 0 Å². The molecule has 0 N–H and O–H groups in total. The van der Waals surface area contributed by atoms with E-state index in [1.165, 1.54) is 35.8 Å². The number of benzene rings is 1. The molecule has 1 radical (unpaired) electrons. The predicted molar refractivity (Wildman–Crippen MR) is 283 cm³/mol. The Hall–Kier alpha value is 0.324. The standard InChI is InChI=1S/C14H22.C14H30.C12H24.2C7H15.2C2H6.CH4.Y/c1-13(2,3)11-9-7-8-10-12(11)14(4,5)6;1-11(2,3)13(7,8)14(9,10)12(4,5)6;1-11(2,3)9-7-8-10(9)12(4,5)6;2*1-6(2)7(3,4)5;2*1-2;;/h7-10H,1-6H3;1-10H3;9-10H,7-8H2,1-6H3;2*1-5H3;2*1-2H3;1H4;/q;;;2*-1;;;;. The van der Waals surface area contributed by atoms with Gasteiger partial charge in [-0.25, -0.2) is 0 Å². The van der Waals surface area contributed by atoms with Crippen LogP contribution in [0.2, 0.25) is 0 Å². The van der Waals surface area contributed by atoms with E-state index in [2.05, 4.69) is 246 Å². The Kier molecular flexibility index (Phi) is 35.3. The zero-order chi connectivity index (χ0) is 48.7. The van der Waals surface area contributed by atoms with Crippen molar-refractivity contribution in [2.75, 3.05) is 0 Å². The fourth-order valence-electron chi connectivity index (χ4n) is 6.24. The first-order valence-corrected chi connectivity index (χ1v) is 23.8. The fourth-order valence-corrected chi connectivity index (χ4v) is 6.24. The van der Waals surface area contributed by atoms with Gasteiger partial charge in [0.25, 0.3) is 0 Å². The number of rotatable bonds is 1. The molecule has 1 saturated carbocycles. The van der Waals surface area contributed by atoms with Crippen molar-refractivity contribution in [3.05, 3.63) is 47.2 Å². The maximum Gasteiger partial charge on any atom is 0 e. The maximum atomic E-state index is 2.40. The van der Waals surface area contributed by atoms with Crippen molar-refractivity contribution in [3.8, 4) is 0 Å². The van der Waals surface area contributed by atoms with Gasteiger partial charge in [0.2, 0.25) is 0 Å². The summed E-state index contributed by atoms with van der Waals surface area (Å²) >= 11 is 0. The van der Waals surface area contributed by atoms with Crippen LogP contribution in [0.5, 0.6) is 0 Å². The number of hydrogen-bond donors (Lipinski definition) is 0. The molecule has 1 heteroatoms. The summed E-state index contributed by atoms with van der Waals surface area (Å²) < 4.78 is 0. The molecule has 0 spiro atoms. The molecule has 2 unspecified atom stereocenters. The van der Waals surface area contributed by atoms with Gasteiger partial charge in [0, 0.05) is 32.7 Å². The van der Waals surface area contributed by atoms with Gasteiger partial charge in [0.05, 0.1) is 0 Å². The van der Waals surface area contributed by atoms with Crippen molar-refractivity contribution in [1.29, 1.82) is 0 Å². The van der Waals surface area contributed by atoms with Crippen molar-refractivity contribution >= 4 is 0 Å². The third kappa shape index (κ3) is 27.6. The summed E-state index contributed by atoms with van der Waals surface area (Å²) in [5, 5.41) is 0. The van der Waals surface area contributed by atoms with E-state index in [4.69, 9.17) is 0 Å². The van der Waals surface area contributed by atoms with Crippen molar-refractivity contribution in [3.63, 3.8) is 0 Å². The van der Waals surface area contributed by atoms with Crippen LogP contribution in [-0.4, -0.2) is 0 Å². The first kappa shape index (κ1) is 74.7. The van der Waals surface area contributed by atoms with Gasteiger partial charge in [-0.05, 0) is 79.1 Å². The molecule has 0 aromatic heterocycles. The molecule has 1 fully saturated rings. The van der Waals surface area contributed by atoms with E-state index in [0.717, 1.165) is 11.8 Å². The summed E-state index contributed by atoms with van der Waals surface area (Å²) in [4.78, 5) is 0. The minimum absolute atomic E-state index is 0. The van der Waals surface area contributed by atoms with Crippen molar-refractivity contribution in [1.82, 2.24) is 0 Å². The van der Waals surface area contributed by atoms with Gasteiger partial charge in [0.1, 0.15) is 0 Å². The van der Waals surface area contributed by atoms with Crippen LogP contribution < -0.4 is 0 Å². The zero-order valence-corrected chi connectivity index (χ0v) is 51.3. The topological polar surface area (TPSA) is 0 Å². The monoisotopic (exact) mass is 920 g/mol. The molecule has 0 heterocycles. The molecule has 1 aliphatic rings. The van der Waals surface area contributed by atoms with E-state index in [9.17, 15) is 0 Å². The van der Waals surface area contributed by atoms with Gasteiger partial charge < -0.3 is 11.8 Å². The second-order valence-corrected chi connectivity index (χ2v) is 26.8. The Morgan fingerprint density at radius 1 is 0.383 bits per heavy atom. The fraction of sp³-hybridized carbons (Fsp3) is 0.864. The predicted octanol–water partition coefficient (Wildman–Crippen LogP) is 21.5. The van der Waals surface area contributed by atoms with E-state index >= 15 is 0 Å². The molecule has 2 atom stereocenters. The van der Waals surface area contributed by atoms with Crippen LogP contribution in [0.25, 0.3) is 0 Å². The van der Waals surface area contributed by atoms with Crippen LogP contribution in [-0.2, 0) is 43.5 Å². The van der Waals surface area contributed by atoms with E-state index < -0.39 is 0 Å². The SMILES string of the molecule is C.CC.CC.CC(C)(C)C(C)(C)C(C)(C)C(C)(C)C.CC(C)(C)C1CCC1C(C)(C)C.CC(C)(C)c1ccccc1C(C)(C)C.C[C-](C)C(C)(C)C.C[C-](C)C(C)(C)C.[Y]. The van der Waals surface area contributed by atoms with Gasteiger partial charge in [-0.3, -0.25) is 0 Å². The van der Waals surface area contributed by atoms with Crippen molar-refractivity contribution in [2.24, 2.45) is 55.2 Å². The molecule has 1 aromatic carbocycles. The van der Waals surface area contributed by atoms with Crippen LogP contribution in [0.1, 0.15) is 281 Å². The zero-order valence-electron chi connectivity index (χ0n) is 48.5. The van der Waals surface area contributed by atoms with E-state index in [0.29, 0.717) is 43.3 Å². The normalized spacial score (nSPS) is 16.2. The third-order valence-corrected chi connectivity index (χ3v) is 14.4. The molecule has 363 valence electrons. The van der Waals surface area contributed by atoms with Crippen LogP contribution in [0, 0.1) is 67.0 Å². The van der Waals surface area contributed by atoms with Crippen molar-refractivity contribution < 1.29 is 32.7 Å². The van der Waals surface area contributed by atoms with Crippen LogP contribution in [0.4, 0.5) is 0 Å². The Morgan fingerprint density at radius 2 is 0.550 bits per heavy atom. The second-order valence-electron chi connectivity index (χ2n) is 26.8. The second kappa shape index (κ2) is 28.4. The quantitative estimate of drug-likeness (QED) is 0.246. The molecule has 0 amide bonds. The summed E-state index contributed by atoms with van der Waals surface area (Å²) in [6, 6.07) is 8.77. The van der Waals surface area contributed by atoms with Crippen molar-refractivity contribution in [2.45, 2.75) is 280 Å². The molecule has 60 heavy (non-hydrogen) atoms. The van der Waals surface area contributed by atoms with Gasteiger partial charge in [-0.2, -0.15) is 38.5 Å². The molecular weight excluding hydrogens is 798 g/mol. The summed E-state index contributed by atoms with van der Waals surface area (Å²) in [7, 11) is 0. The molecule has 0 bridgehead atoms. The van der Waals surface area contributed by atoms with Gasteiger partial charge in [-0.1, -0.05) is 253 Å². The molecular formula is C59H122Y-2. The molecule has 1 aromatic rings. The van der Waals surface area contributed by atoms with Gasteiger partial charge >= 0.3 is 0 Å². The third-order valence-electron chi connectivity index (χ3n) is 14.4. The molecule has 0 aliphatic heterocycles. The van der Waals surface area contributed by atoms with Crippen LogP contribution in [0.15, 0.2) is 24.3 Å². The molecule has 0 nitrogen and oxygen atoms in total. The average Bonchev–Trinajstić information content (AvgIpc) is 2.95. The Balaban J connectivity index is -0.000000116. The summed E-state index contributed by atoms with van der Waals surface area (Å²) in [5.41, 5.74) is 6.60. The first-order chi connectivity index (χ1) is 25.1. The van der Waals surface area contributed by atoms with E-state index in [-0.39, 0.29) is 51.0 Å². The van der Waals surface area contributed by atoms with Crippen LogP contribution in [0.3, 0.4) is 0 Å². The van der Waals surface area contributed by atoms with E-state index in [1.54, 1.807) is 0 Å². The Labute approximate surface area is 412 Å². The largest absolute Gasteiger partial charge is 0.314 e. The summed E-state index contributed by atoms with van der Waals surface area (Å²) in [6.45, 7) is 81.7. The Bertz CT molecular complexity index is 1070. The summed E-state index contributed by atoms with van der Waals surface area (Å²) in [5.74, 6) is 4.90. The average molecular weight is 921 g/mol. The first-order valence-electron chi connectivity index (χ1n) is 23.8. The molecule has 2 rings (SSSR count). The van der Waals surface area contributed by atoms with Crippen LogP contribution >= 0.6 is 0 Å². The minimum atomic E-state index is 0. The molecule has 1 aliphatic carbocycles. The summed E-state index contributed by atoms with van der Waals surface area (Å²) in [6.07, 6.45) is 2.90. The van der Waals surface area contributed by atoms with E-state index in [1.807, 2.05) is 27.7 Å². The smallest absolute Gasteiger partial charge is 0 e. The Morgan fingerprint density at radius 3 is 0.633 bits per heavy atom. The minimum Gasteiger partial charge on any atom is -0.314 e.